The number of esters is 1. The maximum Gasteiger partial charge on any atom is 0.306 e. The van der Waals surface area contributed by atoms with Gasteiger partial charge in [-0.3, -0.25) is 14.9 Å². The van der Waals surface area contributed by atoms with Gasteiger partial charge in [0.15, 0.2) is 6.10 Å². The first kappa shape index (κ1) is 17.7. The first-order chi connectivity index (χ1) is 12.5. The molecular formula is C17H15N3O5S. The fraction of sp³-hybridized carbons (Fsp3) is 0.235. The highest BCUT2D eigenvalue weighted by molar-refractivity contribution is 7.07. The van der Waals surface area contributed by atoms with Crippen molar-refractivity contribution in [1.29, 1.82) is 0 Å². The molecule has 0 aliphatic carbocycles. The molecule has 1 atom stereocenters. The maximum atomic E-state index is 11.9. The molecule has 0 N–H and O–H groups in total. The van der Waals surface area contributed by atoms with Gasteiger partial charge in [0, 0.05) is 24.1 Å². The van der Waals surface area contributed by atoms with E-state index in [1.54, 1.807) is 18.3 Å². The summed E-state index contributed by atoms with van der Waals surface area (Å²) in [7, 11) is 0. The van der Waals surface area contributed by atoms with Crippen molar-refractivity contribution in [3.8, 4) is 11.5 Å². The molecule has 26 heavy (non-hydrogen) atoms. The van der Waals surface area contributed by atoms with E-state index >= 15 is 0 Å². The largest absolute Gasteiger partial charge is 0.453 e. The van der Waals surface area contributed by atoms with Crippen molar-refractivity contribution in [1.82, 2.24) is 10.2 Å². The fourth-order valence-corrected chi connectivity index (χ4v) is 2.93. The van der Waals surface area contributed by atoms with Crippen molar-refractivity contribution in [2.24, 2.45) is 0 Å². The Morgan fingerprint density at radius 1 is 1.31 bits per heavy atom. The monoisotopic (exact) mass is 373 g/mol. The molecule has 9 heteroatoms. The fourth-order valence-electron chi connectivity index (χ4n) is 2.23. The van der Waals surface area contributed by atoms with Crippen LogP contribution >= 0.6 is 11.3 Å². The van der Waals surface area contributed by atoms with Crippen molar-refractivity contribution >= 4 is 23.0 Å². The molecule has 1 aromatic carbocycles. The molecule has 0 aliphatic heterocycles. The van der Waals surface area contributed by atoms with Crippen LogP contribution in [-0.2, 0) is 16.0 Å². The molecule has 3 aromatic rings. The van der Waals surface area contributed by atoms with Crippen LogP contribution in [-0.4, -0.2) is 21.1 Å². The lowest BCUT2D eigenvalue weighted by molar-refractivity contribution is -0.384. The lowest BCUT2D eigenvalue weighted by Crippen LogP contribution is -2.09. The molecule has 0 saturated heterocycles. The number of aryl methyl sites for hydroxylation is 1. The van der Waals surface area contributed by atoms with Crippen LogP contribution in [0, 0.1) is 10.1 Å². The number of ether oxygens (including phenoxy) is 1. The predicted octanol–water partition coefficient (Wildman–Crippen LogP) is 3.94. The highest BCUT2D eigenvalue weighted by Gasteiger charge is 2.19. The summed E-state index contributed by atoms with van der Waals surface area (Å²) < 4.78 is 10.8. The van der Waals surface area contributed by atoms with Crippen molar-refractivity contribution in [3.05, 3.63) is 62.7 Å². The van der Waals surface area contributed by atoms with Crippen LogP contribution in [0.25, 0.3) is 11.5 Å². The number of hydrogen-bond acceptors (Lipinski definition) is 8. The Morgan fingerprint density at radius 2 is 2.08 bits per heavy atom. The van der Waals surface area contributed by atoms with Crippen LogP contribution < -0.4 is 0 Å². The van der Waals surface area contributed by atoms with Gasteiger partial charge in [-0.2, -0.15) is 11.3 Å². The van der Waals surface area contributed by atoms with E-state index in [0.717, 1.165) is 5.56 Å². The van der Waals surface area contributed by atoms with Gasteiger partial charge in [-0.15, -0.1) is 10.2 Å². The Bertz CT molecular complexity index is 890. The normalized spacial score (nSPS) is 11.9. The Kier molecular flexibility index (Phi) is 5.37. The average molecular weight is 373 g/mol. The van der Waals surface area contributed by atoms with E-state index in [4.69, 9.17) is 9.15 Å². The number of aromatic nitrogens is 2. The van der Waals surface area contributed by atoms with E-state index in [1.807, 2.05) is 16.8 Å². The minimum absolute atomic E-state index is 0.0265. The molecule has 0 radical (unpaired) electrons. The standard InChI is InChI=1S/C17H15N3O5S/c1-11(24-15(21)7-2-12-8-9-26-10-12)16-18-19-17(25-16)13-3-5-14(6-4-13)20(22)23/h3-6,8-11H,2,7H2,1H3/t11-/m0/s1. The summed E-state index contributed by atoms with van der Waals surface area (Å²) in [4.78, 5) is 22.1. The number of nitro groups is 1. The number of carbonyl (C=O) groups is 1. The van der Waals surface area contributed by atoms with Gasteiger partial charge in [-0.1, -0.05) is 0 Å². The van der Waals surface area contributed by atoms with Crippen LogP contribution in [0.15, 0.2) is 45.5 Å². The Balaban J connectivity index is 1.59. The highest BCUT2D eigenvalue weighted by atomic mass is 32.1. The van der Waals surface area contributed by atoms with Crippen molar-refractivity contribution in [2.45, 2.75) is 25.9 Å². The molecule has 0 unspecified atom stereocenters. The number of non-ortho nitro benzene ring substituents is 1. The summed E-state index contributed by atoms with van der Waals surface area (Å²) in [5, 5.41) is 22.4. The van der Waals surface area contributed by atoms with Crippen molar-refractivity contribution in [2.75, 3.05) is 0 Å². The first-order valence-electron chi connectivity index (χ1n) is 7.81. The lowest BCUT2D eigenvalue weighted by atomic mass is 10.2. The van der Waals surface area contributed by atoms with Crippen LogP contribution in [0.4, 0.5) is 5.69 Å². The smallest absolute Gasteiger partial charge is 0.306 e. The van der Waals surface area contributed by atoms with Gasteiger partial charge < -0.3 is 9.15 Å². The summed E-state index contributed by atoms with van der Waals surface area (Å²) in [5.74, 6) is 0.0251. The number of hydrogen-bond donors (Lipinski definition) is 0. The van der Waals surface area contributed by atoms with E-state index in [1.165, 1.54) is 24.3 Å². The molecule has 134 valence electrons. The van der Waals surface area contributed by atoms with E-state index in [-0.39, 0.29) is 29.9 Å². The van der Waals surface area contributed by atoms with Crippen LogP contribution in [0.1, 0.15) is 30.9 Å². The zero-order valence-electron chi connectivity index (χ0n) is 13.8. The van der Waals surface area contributed by atoms with E-state index in [2.05, 4.69) is 10.2 Å². The Morgan fingerprint density at radius 3 is 2.73 bits per heavy atom. The van der Waals surface area contributed by atoms with Crippen molar-refractivity contribution < 1.29 is 18.9 Å². The molecule has 0 spiro atoms. The summed E-state index contributed by atoms with van der Waals surface area (Å²) in [6, 6.07) is 7.72. The SMILES string of the molecule is C[C@H](OC(=O)CCc1ccsc1)c1nnc(-c2ccc([N+](=O)[O-])cc2)o1. The predicted molar refractivity (Wildman–Crippen MR) is 93.5 cm³/mol. The number of nitrogens with zero attached hydrogens (tertiary/aromatic N) is 3. The third-order valence-electron chi connectivity index (χ3n) is 3.62. The quantitative estimate of drug-likeness (QED) is 0.350. The molecule has 0 saturated carbocycles. The Labute approximate surface area is 152 Å². The molecule has 8 nitrogen and oxygen atoms in total. The van der Waals surface area contributed by atoms with Crippen LogP contribution in [0.5, 0.6) is 0 Å². The molecule has 2 heterocycles. The topological polar surface area (TPSA) is 108 Å². The van der Waals surface area contributed by atoms with Crippen LogP contribution in [0.3, 0.4) is 0 Å². The van der Waals surface area contributed by atoms with Gasteiger partial charge in [0.2, 0.25) is 5.89 Å². The number of nitro benzene ring substituents is 1. The van der Waals surface area contributed by atoms with Gasteiger partial charge in [0.25, 0.3) is 11.6 Å². The summed E-state index contributed by atoms with van der Waals surface area (Å²) in [5.41, 5.74) is 1.62. The Hall–Kier alpha value is -3.07. The van der Waals surface area contributed by atoms with Crippen LogP contribution in [0.2, 0.25) is 0 Å². The zero-order valence-corrected chi connectivity index (χ0v) is 14.6. The summed E-state index contributed by atoms with van der Waals surface area (Å²) in [6.45, 7) is 1.65. The number of rotatable bonds is 7. The van der Waals surface area contributed by atoms with Crippen molar-refractivity contribution in [3.63, 3.8) is 0 Å². The van der Waals surface area contributed by atoms with Gasteiger partial charge in [0.05, 0.1) is 4.92 Å². The average Bonchev–Trinajstić information content (AvgIpc) is 3.32. The third-order valence-corrected chi connectivity index (χ3v) is 4.35. The number of benzene rings is 1. The zero-order chi connectivity index (χ0) is 18.5. The minimum Gasteiger partial charge on any atom is -0.453 e. The van der Waals surface area contributed by atoms with E-state index in [9.17, 15) is 14.9 Å². The molecule has 0 aliphatic rings. The van der Waals surface area contributed by atoms with E-state index in [0.29, 0.717) is 12.0 Å². The van der Waals surface area contributed by atoms with Gasteiger partial charge in [-0.05, 0) is 47.9 Å². The molecule has 0 amide bonds. The van der Waals surface area contributed by atoms with Gasteiger partial charge in [0.1, 0.15) is 0 Å². The second kappa shape index (κ2) is 7.87. The third kappa shape index (κ3) is 4.31. The maximum absolute atomic E-state index is 11.9. The molecule has 3 rings (SSSR count). The van der Waals surface area contributed by atoms with E-state index < -0.39 is 11.0 Å². The molecule has 2 aromatic heterocycles. The minimum atomic E-state index is -0.677. The second-order valence-corrected chi connectivity index (χ2v) is 6.29. The molecular weight excluding hydrogens is 358 g/mol. The lowest BCUT2D eigenvalue weighted by Gasteiger charge is -2.08. The molecule has 0 bridgehead atoms. The number of carbonyl (C=O) groups excluding carboxylic acids is 1. The number of thiophene rings is 1. The van der Waals surface area contributed by atoms with Gasteiger partial charge >= 0.3 is 5.97 Å². The molecule has 0 fully saturated rings. The highest BCUT2D eigenvalue weighted by Crippen LogP contribution is 2.24. The summed E-state index contributed by atoms with van der Waals surface area (Å²) in [6.07, 6.45) is 0.210. The van der Waals surface area contributed by atoms with Gasteiger partial charge in [-0.25, -0.2) is 0 Å². The summed E-state index contributed by atoms with van der Waals surface area (Å²) >= 11 is 1.58. The second-order valence-electron chi connectivity index (χ2n) is 5.51. The first-order valence-corrected chi connectivity index (χ1v) is 8.76.